The molecule has 0 aromatic heterocycles. The Morgan fingerprint density at radius 1 is 0.262 bits per heavy atom. The van der Waals surface area contributed by atoms with Crippen molar-refractivity contribution in [1.82, 2.24) is 0 Å². The Kier molecular flexibility index (Phi) is 76.2. The molecule has 608 valence electrons. The lowest BCUT2D eigenvalue weighted by molar-refractivity contribution is -0.161. The Morgan fingerprint density at radius 2 is 0.467 bits per heavy atom. The van der Waals surface area contributed by atoms with Crippen LogP contribution in [0.5, 0.6) is 0 Å². The molecule has 0 aliphatic heterocycles. The van der Waals surface area contributed by atoms with Gasteiger partial charge in [-0.3, -0.25) is 32.5 Å². The first-order valence-corrected chi connectivity index (χ1v) is 44.1. The summed E-state index contributed by atoms with van der Waals surface area (Å²) in [5.41, 5.74) is 0. The van der Waals surface area contributed by atoms with Crippen molar-refractivity contribution in [3.05, 3.63) is 182 Å². The maximum absolute atomic E-state index is 13.0. The maximum Gasteiger partial charge on any atom is 0.472 e. The van der Waals surface area contributed by atoms with Crippen molar-refractivity contribution >= 4 is 33.6 Å². The van der Waals surface area contributed by atoms with Gasteiger partial charge in [-0.05, 0) is 154 Å². The number of rotatable bonds is 76. The lowest BCUT2D eigenvalue weighted by Crippen LogP contribution is -2.30. The van der Waals surface area contributed by atoms with Gasteiger partial charge in [0.1, 0.15) is 25.4 Å². The van der Waals surface area contributed by atoms with Crippen LogP contribution in [0.4, 0.5) is 0 Å². The molecule has 0 rings (SSSR count). The molecule has 0 saturated carbocycles. The number of aliphatic hydroxyl groups excluding tert-OH is 2. The number of esters is 3. The summed E-state index contributed by atoms with van der Waals surface area (Å²) in [5, 5.41) is 20.7. The quantitative estimate of drug-likeness (QED) is 0.0146. The normalized spacial score (nSPS) is 14.9. The first-order valence-electron chi connectivity index (χ1n) is 41.1. The molecule has 0 aromatic carbocycles. The number of aliphatic hydroxyl groups is 2. The van der Waals surface area contributed by atoms with E-state index in [1.54, 1.807) is 0 Å². The van der Waals surface area contributed by atoms with E-state index in [1.807, 2.05) is 0 Å². The molecule has 0 saturated heterocycles. The van der Waals surface area contributed by atoms with Crippen molar-refractivity contribution in [3.63, 3.8) is 0 Å². The molecule has 0 aliphatic carbocycles. The van der Waals surface area contributed by atoms with Crippen LogP contribution in [0.2, 0.25) is 0 Å². The van der Waals surface area contributed by atoms with Crippen LogP contribution in [-0.2, 0) is 55.8 Å². The van der Waals surface area contributed by atoms with Crippen LogP contribution in [-0.4, -0.2) is 95.9 Å². The Balaban J connectivity index is 4.48. The summed E-state index contributed by atoms with van der Waals surface area (Å²) in [4.78, 5) is 58.7. The van der Waals surface area contributed by atoms with Crippen LogP contribution in [0.25, 0.3) is 0 Å². The molecular formula is C89H146O16P2. The summed E-state index contributed by atoms with van der Waals surface area (Å²) in [7, 11) is -9.82. The lowest BCUT2D eigenvalue weighted by Gasteiger charge is -2.21. The van der Waals surface area contributed by atoms with Crippen LogP contribution < -0.4 is 0 Å². The summed E-state index contributed by atoms with van der Waals surface area (Å²) >= 11 is 0. The minimum atomic E-state index is -4.95. The second-order valence-electron chi connectivity index (χ2n) is 26.8. The highest BCUT2D eigenvalue weighted by atomic mass is 31.2. The van der Waals surface area contributed by atoms with Crippen molar-refractivity contribution in [2.24, 2.45) is 0 Å². The van der Waals surface area contributed by atoms with E-state index in [1.165, 1.54) is 83.5 Å². The van der Waals surface area contributed by atoms with E-state index in [0.717, 1.165) is 161 Å². The average Bonchev–Trinajstić information content (AvgIpc) is 0.906. The van der Waals surface area contributed by atoms with Gasteiger partial charge in [0, 0.05) is 19.3 Å². The molecule has 0 amide bonds. The Morgan fingerprint density at radius 3 is 0.757 bits per heavy atom. The zero-order valence-corrected chi connectivity index (χ0v) is 68.3. The first-order chi connectivity index (χ1) is 52.2. The molecule has 16 nitrogen and oxygen atoms in total. The number of phosphoric ester groups is 2. The standard InChI is InChI=1S/C89H146O16P2/c1-4-7-10-13-16-19-22-25-28-30-32-34-35-36-37-38-39-40-41-42-43-44-45-46-47-49-51-52-55-57-60-63-66-69-72-75-87(92)99-78-84(90)79-101-106(95,96)102-80-85(91)81-103-107(97,98)104-83-86(105-89(94)77-74-71-68-65-62-59-54-27-24-21-18-15-12-9-6-3)82-100-88(93)76-73-70-67-64-61-58-56-53-50-48-33-31-29-26-23-20-17-14-11-8-5-2/h7-12,16-21,25-29,32-34,36-37,39-40,48,53-54,56,61,64,84-86,90-91H,4-6,13-15,22-24,30-31,35,38,41-47,49-52,55,57-60,62-63,65-83H2,1-3H3,(H,95,96)(H,97,98)/b10-7-,11-8-,12-9-,19-16-,20-17-,21-18-,28-25-,29-26-,34-32-,37-36-,40-39-,48-33-,54-27-,56-53-,64-61-. The van der Waals surface area contributed by atoms with E-state index >= 15 is 0 Å². The van der Waals surface area contributed by atoms with E-state index in [-0.39, 0.29) is 19.3 Å². The number of carbonyl (C=O) groups is 3. The minimum Gasteiger partial charge on any atom is -0.463 e. The number of unbranched alkanes of at least 4 members (excludes halogenated alkanes) is 23. The Bertz CT molecular complexity index is 2670. The van der Waals surface area contributed by atoms with E-state index in [0.29, 0.717) is 19.3 Å². The largest absolute Gasteiger partial charge is 0.472 e. The molecule has 0 bridgehead atoms. The van der Waals surface area contributed by atoms with E-state index in [4.69, 9.17) is 32.3 Å². The third kappa shape index (κ3) is 81.5. The first kappa shape index (κ1) is 102. The van der Waals surface area contributed by atoms with Gasteiger partial charge in [0.05, 0.1) is 26.4 Å². The average molecular weight is 1530 g/mol. The third-order valence-corrected chi connectivity index (χ3v) is 18.5. The minimum absolute atomic E-state index is 0.0694. The van der Waals surface area contributed by atoms with Crippen molar-refractivity contribution in [2.75, 3.05) is 39.6 Å². The van der Waals surface area contributed by atoms with Crippen molar-refractivity contribution in [1.29, 1.82) is 0 Å². The second-order valence-corrected chi connectivity index (χ2v) is 29.7. The predicted molar refractivity (Wildman–Crippen MR) is 445 cm³/mol. The van der Waals surface area contributed by atoms with E-state index < -0.39 is 91.5 Å². The molecule has 4 N–H and O–H groups in total. The molecule has 107 heavy (non-hydrogen) atoms. The monoisotopic (exact) mass is 1530 g/mol. The molecule has 0 radical (unpaired) electrons. The zero-order valence-electron chi connectivity index (χ0n) is 66.5. The van der Waals surface area contributed by atoms with Gasteiger partial charge < -0.3 is 34.2 Å². The van der Waals surface area contributed by atoms with Gasteiger partial charge in [-0.25, -0.2) is 9.13 Å². The molecule has 0 heterocycles. The van der Waals surface area contributed by atoms with Crippen LogP contribution >= 0.6 is 15.6 Å². The SMILES string of the molecule is CC/C=C\C/C=C\C/C=C\C/C=C\C/C=C\C/C=C\CCCCCCCCCCCCCCCCCCC(=O)OCC(O)COP(=O)(O)OCC(O)COP(=O)(O)OCC(COC(=O)CCCC/C=C\C/C=C\C/C=C\C/C=C\C/C=C\C/C=C\CC)OC(=O)CCCCCCC/C=C\C/C=C\C/C=C\CC. The Hall–Kier alpha value is -5.35. The van der Waals surface area contributed by atoms with Gasteiger partial charge in [-0.2, -0.15) is 0 Å². The van der Waals surface area contributed by atoms with Crippen LogP contribution in [0.1, 0.15) is 303 Å². The highest BCUT2D eigenvalue weighted by Gasteiger charge is 2.29. The number of ether oxygens (including phenoxy) is 3. The van der Waals surface area contributed by atoms with E-state index in [2.05, 4.69) is 203 Å². The van der Waals surface area contributed by atoms with Crippen molar-refractivity contribution in [3.8, 4) is 0 Å². The summed E-state index contributed by atoms with van der Waals surface area (Å²) in [6.45, 7) is 2.26. The summed E-state index contributed by atoms with van der Waals surface area (Å²) < 4.78 is 61.1. The number of carbonyl (C=O) groups excluding carboxylic acids is 3. The lowest BCUT2D eigenvalue weighted by atomic mass is 10.0. The maximum atomic E-state index is 13.0. The second kappa shape index (κ2) is 80.2. The molecule has 5 unspecified atom stereocenters. The van der Waals surface area contributed by atoms with Crippen LogP contribution in [0.15, 0.2) is 182 Å². The fraction of sp³-hybridized carbons (Fsp3) is 0.629. The fourth-order valence-electron chi connectivity index (χ4n) is 10.5. The number of allylic oxidation sites excluding steroid dienone is 30. The predicted octanol–water partition coefficient (Wildman–Crippen LogP) is 24.5. The van der Waals surface area contributed by atoms with Gasteiger partial charge in [-0.15, -0.1) is 0 Å². The highest BCUT2D eigenvalue weighted by Crippen LogP contribution is 2.45. The highest BCUT2D eigenvalue weighted by molar-refractivity contribution is 7.47. The Labute approximate surface area is 649 Å². The summed E-state index contributed by atoms with van der Waals surface area (Å²) in [6.07, 6.45) is 104. The summed E-state index contributed by atoms with van der Waals surface area (Å²) in [6, 6.07) is 0. The van der Waals surface area contributed by atoms with Crippen molar-refractivity contribution in [2.45, 2.75) is 322 Å². The van der Waals surface area contributed by atoms with Gasteiger partial charge in [-0.1, -0.05) is 312 Å². The third-order valence-electron chi connectivity index (χ3n) is 16.6. The van der Waals surface area contributed by atoms with Crippen LogP contribution in [0, 0.1) is 0 Å². The fourth-order valence-corrected chi connectivity index (χ4v) is 12.1. The molecular weight excluding hydrogens is 1390 g/mol. The summed E-state index contributed by atoms with van der Waals surface area (Å²) in [5.74, 6) is -1.65. The molecule has 18 heteroatoms. The van der Waals surface area contributed by atoms with Crippen LogP contribution in [0.3, 0.4) is 0 Å². The number of phosphoric acid groups is 2. The molecule has 5 atom stereocenters. The molecule has 0 spiro atoms. The van der Waals surface area contributed by atoms with Gasteiger partial charge in [0.2, 0.25) is 0 Å². The van der Waals surface area contributed by atoms with Gasteiger partial charge in [0.15, 0.2) is 6.10 Å². The smallest absolute Gasteiger partial charge is 0.463 e. The number of hydrogen-bond donors (Lipinski definition) is 4. The molecule has 0 aromatic rings. The van der Waals surface area contributed by atoms with Gasteiger partial charge >= 0.3 is 33.6 Å². The van der Waals surface area contributed by atoms with E-state index in [9.17, 15) is 43.5 Å². The zero-order chi connectivity index (χ0) is 78.0. The molecule has 0 fully saturated rings. The number of hydrogen-bond acceptors (Lipinski definition) is 14. The van der Waals surface area contributed by atoms with Gasteiger partial charge in [0.25, 0.3) is 0 Å². The molecule has 0 aliphatic rings. The van der Waals surface area contributed by atoms with Crippen molar-refractivity contribution < 1.29 is 75.8 Å². The topological polar surface area (TPSA) is 231 Å².